The highest BCUT2D eigenvalue weighted by atomic mass is 32.2. The molecule has 2 aromatic carbocycles. The molecule has 6 nitrogen and oxygen atoms in total. The van der Waals surface area contributed by atoms with Crippen molar-refractivity contribution in [1.82, 2.24) is 4.72 Å². The van der Waals surface area contributed by atoms with Gasteiger partial charge in [0.1, 0.15) is 5.75 Å². The molecule has 0 aliphatic rings. The molecule has 1 amide bonds. The molecule has 0 aromatic heterocycles. The molecule has 7 heteroatoms. The molecule has 0 aliphatic carbocycles. The number of hydrogen-bond donors (Lipinski definition) is 1. The molecule has 0 radical (unpaired) electrons. The summed E-state index contributed by atoms with van der Waals surface area (Å²) >= 11 is 0. The third kappa shape index (κ3) is 4.80. The van der Waals surface area contributed by atoms with E-state index in [1.54, 1.807) is 36.4 Å². The molecule has 134 valence electrons. The zero-order chi connectivity index (χ0) is 18.4. The number of benzene rings is 2. The van der Waals surface area contributed by atoms with Crippen molar-refractivity contribution in [3.8, 4) is 5.75 Å². The number of ether oxygens (including phenoxy) is 1. The number of amides is 1. The maximum atomic E-state index is 12.4. The number of anilines is 1. The number of carbonyl (C=O) groups excluding carboxylic acids is 1. The van der Waals surface area contributed by atoms with Crippen LogP contribution < -0.4 is 14.4 Å². The van der Waals surface area contributed by atoms with Crippen LogP contribution in [0.1, 0.15) is 12.5 Å². The summed E-state index contributed by atoms with van der Waals surface area (Å²) in [6.07, 6.45) is 0. The van der Waals surface area contributed by atoms with Crippen LogP contribution in [0.4, 0.5) is 5.69 Å². The lowest BCUT2D eigenvalue weighted by Crippen LogP contribution is -2.37. The zero-order valence-corrected chi connectivity index (χ0v) is 15.3. The molecule has 0 saturated carbocycles. The van der Waals surface area contributed by atoms with E-state index in [0.29, 0.717) is 11.4 Å². The van der Waals surface area contributed by atoms with Gasteiger partial charge in [0, 0.05) is 20.0 Å². The van der Waals surface area contributed by atoms with Gasteiger partial charge in [0.15, 0.2) is 0 Å². The molecule has 0 fully saturated rings. The smallest absolute Gasteiger partial charge is 0.240 e. The van der Waals surface area contributed by atoms with Gasteiger partial charge in [-0.3, -0.25) is 4.79 Å². The Kier molecular flexibility index (Phi) is 6.17. The number of para-hydroxylation sites is 2. The monoisotopic (exact) mass is 362 g/mol. The summed E-state index contributed by atoms with van der Waals surface area (Å²) in [6, 6.07) is 13.8. The first-order valence-corrected chi connectivity index (χ1v) is 9.31. The Labute approximate surface area is 148 Å². The Morgan fingerprint density at radius 2 is 1.88 bits per heavy atom. The fourth-order valence-electron chi connectivity index (χ4n) is 2.46. The molecule has 0 unspecified atom stereocenters. The first-order chi connectivity index (χ1) is 11.8. The standard InChI is InChI=1S/C18H22N2O4S/c1-14-7-6-8-16(13-14)25(22,23)19-11-12-20(15(2)21)17-9-4-5-10-18(17)24-3/h4-10,13,19H,11-12H2,1-3H3. The van der Waals surface area contributed by atoms with Crippen molar-refractivity contribution in [3.05, 3.63) is 54.1 Å². The molecule has 25 heavy (non-hydrogen) atoms. The van der Waals surface area contributed by atoms with Gasteiger partial charge in [-0.1, -0.05) is 24.3 Å². The Morgan fingerprint density at radius 3 is 2.52 bits per heavy atom. The lowest BCUT2D eigenvalue weighted by atomic mass is 10.2. The van der Waals surface area contributed by atoms with Gasteiger partial charge < -0.3 is 9.64 Å². The second-order valence-corrected chi connectivity index (χ2v) is 7.32. The summed E-state index contributed by atoms with van der Waals surface area (Å²) in [5.41, 5.74) is 1.47. The van der Waals surface area contributed by atoms with Gasteiger partial charge in [0.05, 0.1) is 17.7 Å². The summed E-state index contributed by atoms with van der Waals surface area (Å²) in [4.78, 5) is 13.7. The van der Waals surface area contributed by atoms with Crippen molar-refractivity contribution in [2.75, 3.05) is 25.1 Å². The van der Waals surface area contributed by atoms with Gasteiger partial charge in [-0.2, -0.15) is 0 Å². The van der Waals surface area contributed by atoms with Gasteiger partial charge in [-0.25, -0.2) is 13.1 Å². The maximum Gasteiger partial charge on any atom is 0.240 e. The predicted molar refractivity (Wildman–Crippen MR) is 97.4 cm³/mol. The first-order valence-electron chi connectivity index (χ1n) is 7.82. The van der Waals surface area contributed by atoms with E-state index >= 15 is 0 Å². The minimum atomic E-state index is -3.62. The highest BCUT2D eigenvalue weighted by Crippen LogP contribution is 2.27. The topological polar surface area (TPSA) is 75.7 Å². The summed E-state index contributed by atoms with van der Waals surface area (Å²) in [6.45, 7) is 3.55. The molecule has 0 spiro atoms. The summed E-state index contributed by atoms with van der Waals surface area (Å²) in [5, 5.41) is 0. The molecule has 0 saturated heterocycles. The van der Waals surface area contributed by atoms with E-state index in [1.165, 1.54) is 25.0 Å². The largest absolute Gasteiger partial charge is 0.495 e. The average molecular weight is 362 g/mol. The van der Waals surface area contributed by atoms with E-state index in [1.807, 2.05) is 13.0 Å². The average Bonchev–Trinajstić information content (AvgIpc) is 2.58. The van der Waals surface area contributed by atoms with Crippen molar-refractivity contribution in [2.24, 2.45) is 0 Å². The lowest BCUT2D eigenvalue weighted by Gasteiger charge is -2.23. The Hall–Kier alpha value is -2.38. The molecule has 2 rings (SSSR count). The Balaban J connectivity index is 2.11. The van der Waals surface area contributed by atoms with E-state index in [2.05, 4.69) is 4.72 Å². The minimum absolute atomic E-state index is 0.0912. The number of nitrogens with one attached hydrogen (secondary N) is 1. The van der Waals surface area contributed by atoms with Crippen molar-refractivity contribution >= 4 is 21.6 Å². The molecule has 0 bridgehead atoms. The van der Waals surface area contributed by atoms with E-state index in [4.69, 9.17) is 4.74 Å². The third-order valence-corrected chi connectivity index (χ3v) is 5.14. The van der Waals surface area contributed by atoms with E-state index in [-0.39, 0.29) is 23.9 Å². The fourth-order valence-corrected chi connectivity index (χ4v) is 3.58. The second kappa shape index (κ2) is 8.13. The molecule has 0 aliphatic heterocycles. The van der Waals surface area contributed by atoms with Crippen LogP contribution in [0.3, 0.4) is 0 Å². The van der Waals surface area contributed by atoms with Crippen LogP contribution in [0, 0.1) is 6.92 Å². The number of hydrogen-bond acceptors (Lipinski definition) is 4. The van der Waals surface area contributed by atoms with Crippen LogP contribution in [0.2, 0.25) is 0 Å². The molecular formula is C18H22N2O4S. The normalized spacial score (nSPS) is 11.2. The van der Waals surface area contributed by atoms with Crippen LogP contribution >= 0.6 is 0 Å². The summed E-state index contributed by atoms with van der Waals surface area (Å²) in [5.74, 6) is 0.360. The highest BCUT2D eigenvalue weighted by molar-refractivity contribution is 7.89. The molecule has 0 atom stereocenters. The number of nitrogens with zero attached hydrogens (tertiary/aromatic N) is 1. The first kappa shape index (κ1) is 19.0. The van der Waals surface area contributed by atoms with E-state index in [9.17, 15) is 13.2 Å². The molecule has 1 N–H and O–H groups in total. The van der Waals surface area contributed by atoms with Crippen LogP contribution in [-0.4, -0.2) is 34.5 Å². The fraction of sp³-hybridized carbons (Fsp3) is 0.278. The van der Waals surface area contributed by atoms with Gasteiger partial charge in [-0.05, 0) is 36.8 Å². The second-order valence-electron chi connectivity index (χ2n) is 5.56. The minimum Gasteiger partial charge on any atom is -0.495 e. The van der Waals surface area contributed by atoms with E-state index < -0.39 is 10.0 Å². The highest BCUT2D eigenvalue weighted by Gasteiger charge is 2.18. The van der Waals surface area contributed by atoms with Crippen molar-refractivity contribution < 1.29 is 17.9 Å². The van der Waals surface area contributed by atoms with Crippen LogP contribution in [0.5, 0.6) is 5.75 Å². The van der Waals surface area contributed by atoms with Gasteiger partial charge in [0.2, 0.25) is 15.9 Å². The molecular weight excluding hydrogens is 340 g/mol. The predicted octanol–water partition coefficient (Wildman–Crippen LogP) is 2.34. The number of carbonyl (C=O) groups is 1. The maximum absolute atomic E-state index is 12.4. The Morgan fingerprint density at radius 1 is 1.16 bits per heavy atom. The summed E-state index contributed by atoms with van der Waals surface area (Å²) in [7, 11) is -2.10. The number of sulfonamides is 1. The lowest BCUT2D eigenvalue weighted by molar-refractivity contribution is -0.116. The number of methoxy groups -OCH3 is 1. The van der Waals surface area contributed by atoms with Crippen molar-refractivity contribution in [1.29, 1.82) is 0 Å². The zero-order valence-electron chi connectivity index (χ0n) is 14.5. The third-order valence-electron chi connectivity index (χ3n) is 3.68. The van der Waals surface area contributed by atoms with Gasteiger partial charge in [-0.15, -0.1) is 0 Å². The Bertz CT molecular complexity index is 850. The van der Waals surface area contributed by atoms with Gasteiger partial charge >= 0.3 is 0 Å². The van der Waals surface area contributed by atoms with E-state index in [0.717, 1.165) is 5.56 Å². The number of rotatable bonds is 7. The van der Waals surface area contributed by atoms with Gasteiger partial charge in [0.25, 0.3) is 0 Å². The summed E-state index contributed by atoms with van der Waals surface area (Å²) < 4.78 is 32.5. The molecule has 2 aromatic rings. The van der Waals surface area contributed by atoms with Crippen LogP contribution in [0.15, 0.2) is 53.4 Å². The van der Waals surface area contributed by atoms with Crippen molar-refractivity contribution in [2.45, 2.75) is 18.7 Å². The SMILES string of the molecule is COc1ccccc1N(CCNS(=O)(=O)c1cccc(C)c1)C(C)=O. The van der Waals surface area contributed by atoms with Crippen LogP contribution in [-0.2, 0) is 14.8 Å². The van der Waals surface area contributed by atoms with Crippen LogP contribution in [0.25, 0.3) is 0 Å². The number of aryl methyl sites for hydroxylation is 1. The molecule has 0 heterocycles. The van der Waals surface area contributed by atoms with Crippen molar-refractivity contribution in [3.63, 3.8) is 0 Å². The quantitative estimate of drug-likeness (QED) is 0.820.